The Labute approximate surface area is 84.9 Å². The van der Waals surface area contributed by atoms with Gasteiger partial charge in [0, 0.05) is 25.3 Å². The third-order valence-electron chi connectivity index (χ3n) is 2.68. The monoisotopic (exact) mass is 191 g/mol. The minimum absolute atomic E-state index is 0.323. The van der Waals surface area contributed by atoms with Crippen molar-refractivity contribution in [1.29, 1.82) is 0 Å². The number of nitrogens with zero attached hydrogens (tertiary/aromatic N) is 2. The first-order chi connectivity index (χ1) is 6.75. The number of piperidine rings is 1. The molecule has 1 fully saturated rings. The molecule has 1 aromatic heterocycles. The molecule has 0 spiro atoms. The molecule has 0 bridgehead atoms. The van der Waals surface area contributed by atoms with Crippen LogP contribution in [0.1, 0.15) is 18.4 Å². The zero-order valence-corrected chi connectivity index (χ0v) is 8.61. The van der Waals surface area contributed by atoms with Crippen LogP contribution in [0.3, 0.4) is 0 Å². The van der Waals surface area contributed by atoms with Gasteiger partial charge in [-0.15, -0.1) is 0 Å². The van der Waals surface area contributed by atoms with Crippen molar-refractivity contribution in [3.05, 3.63) is 24.0 Å². The molecule has 2 rings (SSSR count). The molecule has 14 heavy (non-hydrogen) atoms. The summed E-state index contributed by atoms with van der Waals surface area (Å²) in [6.07, 6.45) is 6.14. The molecular weight excluding hydrogens is 174 g/mol. The van der Waals surface area contributed by atoms with Crippen molar-refractivity contribution in [2.24, 2.45) is 5.73 Å². The Morgan fingerprint density at radius 3 is 3.07 bits per heavy atom. The van der Waals surface area contributed by atoms with Gasteiger partial charge in [-0.2, -0.15) is 0 Å². The normalized spacial score (nSPS) is 22.4. The molecule has 2 heterocycles. The number of hydrogen-bond donors (Lipinski definition) is 1. The molecule has 0 saturated carbocycles. The summed E-state index contributed by atoms with van der Waals surface area (Å²) < 4.78 is 0. The second-order valence-corrected chi connectivity index (χ2v) is 4.07. The van der Waals surface area contributed by atoms with E-state index < -0.39 is 0 Å². The summed E-state index contributed by atoms with van der Waals surface area (Å²) in [6.45, 7) is 4.14. The van der Waals surface area contributed by atoms with Gasteiger partial charge in [0.2, 0.25) is 0 Å². The van der Waals surface area contributed by atoms with Crippen molar-refractivity contribution < 1.29 is 0 Å². The average Bonchev–Trinajstić information content (AvgIpc) is 2.18. The molecule has 1 aliphatic rings. The zero-order chi connectivity index (χ0) is 9.97. The Balaban J connectivity index is 2.14. The van der Waals surface area contributed by atoms with E-state index in [-0.39, 0.29) is 0 Å². The van der Waals surface area contributed by atoms with Crippen LogP contribution < -0.4 is 10.6 Å². The largest absolute Gasteiger partial charge is 0.369 e. The maximum atomic E-state index is 5.94. The van der Waals surface area contributed by atoms with Crippen molar-refractivity contribution in [1.82, 2.24) is 4.98 Å². The van der Waals surface area contributed by atoms with Gasteiger partial charge in [-0.05, 0) is 31.4 Å². The summed E-state index contributed by atoms with van der Waals surface area (Å²) in [5, 5.41) is 0. The predicted octanol–water partition coefficient (Wildman–Crippen LogP) is 1.32. The van der Waals surface area contributed by atoms with E-state index >= 15 is 0 Å². The summed E-state index contributed by atoms with van der Waals surface area (Å²) >= 11 is 0. The number of rotatable bonds is 1. The number of aromatic nitrogens is 1. The third kappa shape index (κ3) is 2.04. The molecule has 3 heteroatoms. The quantitative estimate of drug-likeness (QED) is 0.728. The molecule has 76 valence electrons. The molecule has 0 aromatic carbocycles. The number of hydrogen-bond acceptors (Lipinski definition) is 3. The molecule has 1 aromatic rings. The van der Waals surface area contributed by atoms with Crippen LogP contribution in [0.4, 0.5) is 5.69 Å². The highest BCUT2D eigenvalue weighted by Crippen LogP contribution is 2.18. The molecule has 3 nitrogen and oxygen atoms in total. The average molecular weight is 191 g/mol. The number of aryl methyl sites for hydroxylation is 1. The van der Waals surface area contributed by atoms with Gasteiger partial charge in [-0.3, -0.25) is 4.98 Å². The van der Waals surface area contributed by atoms with Crippen molar-refractivity contribution >= 4 is 5.69 Å². The highest BCUT2D eigenvalue weighted by atomic mass is 15.2. The van der Waals surface area contributed by atoms with E-state index in [1.165, 1.54) is 17.7 Å². The highest BCUT2D eigenvalue weighted by molar-refractivity contribution is 5.46. The van der Waals surface area contributed by atoms with Crippen LogP contribution >= 0.6 is 0 Å². The molecule has 0 amide bonds. The van der Waals surface area contributed by atoms with Crippen LogP contribution in [0.2, 0.25) is 0 Å². The second-order valence-electron chi connectivity index (χ2n) is 4.07. The first-order valence-corrected chi connectivity index (χ1v) is 5.18. The summed E-state index contributed by atoms with van der Waals surface area (Å²) in [4.78, 5) is 6.53. The van der Waals surface area contributed by atoms with E-state index in [4.69, 9.17) is 5.73 Å². The first kappa shape index (κ1) is 9.46. The van der Waals surface area contributed by atoms with Crippen molar-refractivity contribution in [3.63, 3.8) is 0 Å². The maximum absolute atomic E-state index is 5.94. The SMILES string of the molecule is Cc1cncc(N2CCCC(N)C2)c1. The van der Waals surface area contributed by atoms with Gasteiger partial charge in [0.15, 0.2) is 0 Å². The lowest BCUT2D eigenvalue weighted by Crippen LogP contribution is -2.42. The minimum Gasteiger partial charge on any atom is -0.369 e. The van der Waals surface area contributed by atoms with Crippen LogP contribution in [0, 0.1) is 6.92 Å². The van der Waals surface area contributed by atoms with Gasteiger partial charge in [-0.1, -0.05) is 0 Å². The minimum atomic E-state index is 0.323. The first-order valence-electron chi connectivity index (χ1n) is 5.18. The summed E-state index contributed by atoms with van der Waals surface area (Å²) in [6, 6.07) is 2.50. The van der Waals surface area contributed by atoms with Crippen LogP contribution in [0.15, 0.2) is 18.5 Å². The lowest BCUT2D eigenvalue weighted by molar-refractivity contribution is 0.506. The van der Waals surface area contributed by atoms with Gasteiger partial charge in [0.25, 0.3) is 0 Å². The van der Waals surface area contributed by atoms with Gasteiger partial charge < -0.3 is 10.6 Å². The molecule has 1 saturated heterocycles. The van der Waals surface area contributed by atoms with Crippen LogP contribution in [-0.4, -0.2) is 24.1 Å². The van der Waals surface area contributed by atoms with E-state index in [2.05, 4.69) is 22.9 Å². The van der Waals surface area contributed by atoms with Crippen LogP contribution in [0.25, 0.3) is 0 Å². The molecular formula is C11H17N3. The van der Waals surface area contributed by atoms with E-state index in [1.54, 1.807) is 0 Å². The van der Waals surface area contributed by atoms with Gasteiger partial charge >= 0.3 is 0 Å². The number of nitrogens with two attached hydrogens (primary N) is 1. The Morgan fingerprint density at radius 1 is 1.50 bits per heavy atom. The topological polar surface area (TPSA) is 42.2 Å². The van der Waals surface area contributed by atoms with Gasteiger partial charge in [-0.25, -0.2) is 0 Å². The Kier molecular flexibility index (Phi) is 2.68. The lowest BCUT2D eigenvalue weighted by atomic mass is 10.1. The van der Waals surface area contributed by atoms with Crippen LogP contribution in [-0.2, 0) is 0 Å². The van der Waals surface area contributed by atoms with Crippen molar-refractivity contribution in [3.8, 4) is 0 Å². The van der Waals surface area contributed by atoms with E-state index in [9.17, 15) is 0 Å². The van der Waals surface area contributed by atoms with Gasteiger partial charge in [0.1, 0.15) is 0 Å². The summed E-state index contributed by atoms with van der Waals surface area (Å²) in [5.74, 6) is 0. The molecule has 1 unspecified atom stereocenters. The van der Waals surface area contributed by atoms with Crippen molar-refractivity contribution in [2.45, 2.75) is 25.8 Å². The fourth-order valence-electron chi connectivity index (χ4n) is 1.96. The third-order valence-corrected chi connectivity index (χ3v) is 2.68. The fraction of sp³-hybridized carbons (Fsp3) is 0.545. The smallest absolute Gasteiger partial charge is 0.0555 e. The van der Waals surface area contributed by atoms with Gasteiger partial charge in [0.05, 0.1) is 11.9 Å². The Hall–Kier alpha value is -1.09. The van der Waals surface area contributed by atoms with Crippen molar-refractivity contribution in [2.75, 3.05) is 18.0 Å². The maximum Gasteiger partial charge on any atom is 0.0555 e. The predicted molar refractivity (Wildman–Crippen MR) is 58.4 cm³/mol. The molecule has 1 atom stereocenters. The van der Waals surface area contributed by atoms with Crippen LogP contribution in [0.5, 0.6) is 0 Å². The van der Waals surface area contributed by atoms with E-state index in [1.807, 2.05) is 12.4 Å². The summed E-state index contributed by atoms with van der Waals surface area (Å²) in [7, 11) is 0. The molecule has 0 aliphatic carbocycles. The Bertz CT molecular complexity index is 311. The Morgan fingerprint density at radius 2 is 2.36 bits per heavy atom. The molecule has 0 radical (unpaired) electrons. The fourth-order valence-corrected chi connectivity index (χ4v) is 1.96. The molecule has 1 aliphatic heterocycles. The zero-order valence-electron chi connectivity index (χ0n) is 8.61. The van der Waals surface area contributed by atoms with E-state index in [0.29, 0.717) is 6.04 Å². The second kappa shape index (κ2) is 3.96. The molecule has 2 N–H and O–H groups in total. The number of anilines is 1. The highest BCUT2D eigenvalue weighted by Gasteiger charge is 2.16. The lowest BCUT2D eigenvalue weighted by Gasteiger charge is -2.32. The summed E-state index contributed by atoms with van der Waals surface area (Å²) in [5.41, 5.74) is 8.36. The standard InChI is InChI=1S/C11H17N3/c1-9-5-11(7-13-6-9)14-4-2-3-10(12)8-14/h5-7,10H,2-4,8,12H2,1H3. The van der Waals surface area contributed by atoms with E-state index in [0.717, 1.165) is 19.5 Å². The number of pyridine rings is 1.